The molecule has 2 aliphatic heterocycles. The molecule has 2 aliphatic rings. The van der Waals surface area contributed by atoms with Crippen molar-refractivity contribution in [1.29, 1.82) is 0 Å². The number of oxazole rings is 1. The van der Waals surface area contributed by atoms with Gasteiger partial charge in [0.2, 0.25) is 5.89 Å². The normalized spacial score (nSPS) is 18.3. The Labute approximate surface area is 185 Å². The van der Waals surface area contributed by atoms with Crippen molar-refractivity contribution in [2.24, 2.45) is 0 Å². The molecule has 2 aromatic rings. The molecular formula is C24H35N5O2. The lowest BCUT2D eigenvalue weighted by Gasteiger charge is -2.35. The number of carbonyl (C=O) groups excluding carboxylic acids is 1. The van der Waals surface area contributed by atoms with Crippen molar-refractivity contribution >= 4 is 11.6 Å². The molecule has 31 heavy (non-hydrogen) atoms. The lowest BCUT2D eigenvalue weighted by molar-refractivity contribution is 0.0941. The van der Waals surface area contributed by atoms with Gasteiger partial charge in [-0.3, -0.25) is 9.69 Å². The van der Waals surface area contributed by atoms with Crippen LogP contribution in [0.1, 0.15) is 46.8 Å². The van der Waals surface area contributed by atoms with Crippen LogP contribution in [0.2, 0.25) is 0 Å². The topological polar surface area (TPSA) is 64.8 Å². The third-order valence-electron chi connectivity index (χ3n) is 6.53. The summed E-state index contributed by atoms with van der Waals surface area (Å²) in [6.07, 6.45) is 5.33. The number of nitrogens with one attached hydrogen (secondary N) is 1. The predicted molar refractivity (Wildman–Crippen MR) is 123 cm³/mol. The second-order valence-electron chi connectivity index (χ2n) is 8.82. The number of piperidine rings is 1. The molecular weight excluding hydrogens is 390 g/mol. The first-order valence-electron chi connectivity index (χ1n) is 11.6. The van der Waals surface area contributed by atoms with Crippen LogP contribution >= 0.6 is 0 Å². The molecule has 168 valence electrons. The van der Waals surface area contributed by atoms with Crippen molar-refractivity contribution in [1.82, 2.24) is 20.1 Å². The third kappa shape index (κ3) is 5.86. The maximum atomic E-state index is 12.4. The Balaban J connectivity index is 1.21. The first-order chi connectivity index (χ1) is 15.1. The summed E-state index contributed by atoms with van der Waals surface area (Å²) in [5, 5.41) is 2.97. The van der Waals surface area contributed by atoms with Crippen LogP contribution < -0.4 is 10.2 Å². The van der Waals surface area contributed by atoms with Crippen LogP contribution in [0.15, 0.2) is 28.9 Å². The smallest absolute Gasteiger partial charge is 0.273 e. The van der Waals surface area contributed by atoms with Crippen molar-refractivity contribution in [2.45, 2.75) is 39.7 Å². The molecule has 3 heterocycles. The first-order valence-corrected chi connectivity index (χ1v) is 11.6. The Kier molecular flexibility index (Phi) is 7.25. The number of hydrogen-bond acceptors (Lipinski definition) is 6. The highest BCUT2D eigenvalue weighted by atomic mass is 16.3. The predicted octanol–water partition coefficient (Wildman–Crippen LogP) is 2.83. The molecule has 0 radical (unpaired) electrons. The van der Waals surface area contributed by atoms with E-state index in [1.165, 1.54) is 42.3 Å². The summed E-state index contributed by atoms with van der Waals surface area (Å²) in [6.45, 7) is 12.7. The average molecular weight is 426 g/mol. The Morgan fingerprint density at radius 1 is 1.00 bits per heavy atom. The summed E-state index contributed by atoms with van der Waals surface area (Å²) < 4.78 is 5.59. The van der Waals surface area contributed by atoms with Gasteiger partial charge in [0.1, 0.15) is 6.26 Å². The van der Waals surface area contributed by atoms with E-state index in [0.717, 1.165) is 45.8 Å². The number of benzene rings is 1. The van der Waals surface area contributed by atoms with E-state index in [4.69, 9.17) is 4.42 Å². The molecule has 0 saturated carbocycles. The number of aromatic nitrogens is 1. The molecule has 4 rings (SSSR count). The van der Waals surface area contributed by atoms with Gasteiger partial charge in [0.05, 0.1) is 6.54 Å². The van der Waals surface area contributed by atoms with Crippen molar-refractivity contribution < 1.29 is 9.21 Å². The number of amides is 1. The number of anilines is 1. The molecule has 2 saturated heterocycles. The van der Waals surface area contributed by atoms with Crippen LogP contribution in [0, 0.1) is 13.8 Å². The summed E-state index contributed by atoms with van der Waals surface area (Å²) in [5.74, 6) is 0.465. The van der Waals surface area contributed by atoms with Gasteiger partial charge in [-0.25, -0.2) is 4.98 Å². The highest BCUT2D eigenvalue weighted by Crippen LogP contribution is 2.21. The summed E-state index contributed by atoms with van der Waals surface area (Å²) in [7, 11) is 0. The lowest BCUT2D eigenvalue weighted by Crippen LogP contribution is -2.46. The number of aryl methyl sites for hydroxylation is 2. The number of nitrogens with zero attached hydrogens (tertiary/aromatic N) is 4. The molecule has 1 N–H and O–H groups in total. The Morgan fingerprint density at radius 2 is 1.77 bits per heavy atom. The third-order valence-corrected chi connectivity index (χ3v) is 6.53. The second kappa shape index (κ2) is 10.3. The van der Waals surface area contributed by atoms with Gasteiger partial charge >= 0.3 is 0 Å². The number of piperazine rings is 1. The van der Waals surface area contributed by atoms with Gasteiger partial charge in [-0.1, -0.05) is 12.5 Å². The van der Waals surface area contributed by atoms with E-state index in [1.54, 1.807) is 0 Å². The minimum atomic E-state index is -0.147. The average Bonchev–Trinajstić information content (AvgIpc) is 3.25. The molecule has 0 spiro atoms. The minimum Gasteiger partial charge on any atom is -0.447 e. The van der Waals surface area contributed by atoms with E-state index >= 15 is 0 Å². The zero-order chi connectivity index (χ0) is 21.6. The summed E-state index contributed by atoms with van der Waals surface area (Å²) in [6, 6.07) is 6.68. The van der Waals surface area contributed by atoms with Gasteiger partial charge in [-0.05, 0) is 63.0 Å². The minimum absolute atomic E-state index is 0.147. The number of carbonyl (C=O) groups is 1. The Hall–Kier alpha value is -2.38. The van der Waals surface area contributed by atoms with E-state index < -0.39 is 0 Å². The standard InChI is InChI=1S/C24H35N5O2/c1-19-6-7-21(16-20(19)2)29-14-12-28(13-15-29)17-23-26-22(18-31-23)24(30)25-8-11-27-9-4-3-5-10-27/h6-7,16,18H,3-5,8-15,17H2,1-2H3,(H,25,30). The van der Waals surface area contributed by atoms with Crippen molar-refractivity contribution in [2.75, 3.05) is 57.3 Å². The number of hydrogen-bond donors (Lipinski definition) is 1. The van der Waals surface area contributed by atoms with Gasteiger partial charge in [-0.15, -0.1) is 0 Å². The Bertz CT molecular complexity index is 867. The van der Waals surface area contributed by atoms with Crippen LogP contribution in [-0.2, 0) is 6.54 Å². The molecule has 2 fully saturated rings. The van der Waals surface area contributed by atoms with E-state index in [0.29, 0.717) is 24.7 Å². The van der Waals surface area contributed by atoms with E-state index in [2.05, 4.69) is 57.0 Å². The van der Waals surface area contributed by atoms with Crippen molar-refractivity contribution in [3.05, 3.63) is 47.2 Å². The van der Waals surface area contributed by atoms with Crippen LogP contribution in [-0.4, -0.2) is 73.0 Å². The van der Waals surface area contributed by atoms with Gasteiger partial charge < -0.3 is 19.5 Å². The monoisotopic (exact) mass is 425 g/mol. The molecule has 0 unspecified atom stereocenters. The first kappa shape index (κ1) is 21.8. The zero-order valence-corrected chi connectivity index (χ0v) is 18.9. The molecule has 0 bridgehead atoms. The molecule has 1 aromatic heterocycles. The van der Waals surface area contributed by atoms with Crippen LogP contribution in [0.5, 0.6) is 0 Å². The fraction of sp³-hybridized carbons (Fsp3) is 0.583. The van der Waals surface area contributed by atoms with E-state index in [1.807, 2.05) is 0 Å². The second-order valence-corrected chi connectivity index (χ2v) is 8.82. The fourth-order valence-corrected chi connectivity index (χ4v) is 4.37. The lowest BCUT2D eigenvalue weighted by atomic mass is 10.1. The SMILES string of the molecule is Cc1ccc(N2CCN(Cc3nc(C(=O)NCCN4CCCCC4)co3)CC2)cc1C. The largest absolute Gasteiger partial charge is 0.447 e. The highest BCUT2D eigenvalue weighted by molar-refractivity contribution is 5.91. The van der Waals surface area contributed by atoms with Gasteiger partial charge in [0, 0.05) is 45.0 Å². The zero-order valence-electron chi connectivity index (χ0n) is 18.9. The van der Waals surface area contributed by atoms with Crippen LogP contribution in [0.3, 0.4) is 0 Å². The highest BCUT2D eigenvalue weighted by Gasteiger charge is 2.20. The molecule has 7 heteroatoms. The Morgan fingerprint density at radius 3 is 2.52 bits per heavy atom. The van der Waals surface area contributed by atoms with Gasteiger partial charge in [0.15, 0.2) is 5.69 Å². The number of likely N-dealkylation sites (tertiary alicyclic amines) is 1. The quantitative estimate of drug-likeness (QED) is 0.736. The molecule has 1 amide bonds. The summed E-state index contributed by atoms with van der Waals surface area (Å²) in [5.41, 5.74) is 4.34. The molecule has 0 aliphatic carbocycles. The molecule has 7 nitrogen and oxygen atoms in total. The molecule has 1 aromatic carbocycles. The van der Waals surface area contributed by atoms with Crippen molar-refractivity contribution in [3.8, 4) is 0 Å². The van der Waals surface area contributed by atoms with E-state index in [-0.39, 0.29) is 5.91 Å². The number of rotatable bonds is 7. The van der Waals surface area contributed by atoms with Crippen LogP contribution in [0.25, 0.3) is 0 Å². The maximum absolute atomic E-state index is 12.4. The molecule has 0 atom stereocenters. The van der Waals surface area contributed by atoms with Gasteiger partial charge in [-0.2, -0.15) is 0 Å². The summed E-state index contributed by atoms with van der Waals surface area (Å²) >= 11 is 0. The maximum Gasteiger partial charge on any atom is 0.273 e. The van der Waals surface area contributed by atoms with Gasteiger partial charge in [0.25, 0.3) is 5.91 Å². The summed E-state index contributed by atoms with van der Waals surface area (Å²) in [4.78, 5) is 24.0. The van der Waals surface area contributed by atoms with Crippen molar-refractivity contribution in [3.63, 3.8) is 0 Å². The van der Waals surface area contributed by atoms with E-state index in [9.17, 15) is 4.79 Å². The van der Waals surface area contributed by atoms with Crippen LogP contribution in [0.4, 0.5) is 5.69 Å². The fourth-order valence-electron chi connectivity index (χ4n) is 4.37.